The molecule has 0 aliphatic heterocycles. The van der Waals surface area contributed by atoms with Crippen LogP contribution in [0.15, 0.2) is 42.5 Å². The van der Waals surface area contributed by atoms with Gasteiger partial charge in [0.1, 0.15) is 12.6 Å². The summed E-state index contributed by atoms with van der Waals surface area (Å²) in [6.07, 6.45) is 2.03. The summed E-state index contributed by atoms with van der Waals surface area (Å²) in [5, 5.41) is 3.63. The highest BCUT2D eigenvalue weighted by molar-refractivity contribution is 7.92. The summed E-state index contributed by atoms with van der Waals surface area (Å²) < 4.78 is 26.2. The van der Waals surface area contributed by atoms with Crippen LogP contribution in [-0.4, -0.2) is 50.5 Å². The van der Waals surface area contributed by atoms with Gasteiger partial charge >= 0.3 is 0 Å². The smallest absolute Gasteiger partial charge is 0.244 e. The molecule has 0 spiro atoms. The molecule has 2 amide bonds. The van der Waals surface area contributed by atoms with Crippen molar-refractivity contribution in [1.29, 1.82) is 0 Å². The highest BCUT2D eigenvalue weighted by Gasteiger charge is 2.32. The average Bonchev–Trinajstić information content (AvgIpc) is 2.78. The van der Waals surface area contributed by atoms with Crippen LogP contribution in [0.5, 0.6) is 0 Å². The fourth-order valence-corrected chi connectivity index (χ4v) is 4.85. The lowest BCUT2D eigenvalue weighted by atomic mass is 10.1. The van der Waals surface area contributed by atoms with Crippen LogP contribution in [0.3, 0.4) is 0 Å². The van der Waals surface area contributed by atoms with Crippen molar-refractivity contribution in [1.82, 2.24) is 10.2 Å². The van der Waals surface area contributed by atoms with E-state index < -0.39 is 28.5 Å². The van der Waals surface area contributed by atoms with Crippen molar-refractivity contribution in [3.63, 3.8) is 0 Å². The fraction of sp³-hybridized carbons (Fsp3) is 0.391. The lowest BCUT2D eigenvalue weighted by Gasteiger charge is -2.33. The van der Waals surface area contributed by atoms with Crippen LogP contribution in [0, 0.1) is 0 Å². The summed E-state index contributed by atoms with van der Waals surface area (Å²) in [5.41, 5.74) is 0.706. The maximum absolute atomic E-state index is 13.6. The zero-order valence-corrected chi connectivity index (χ0v) is 22.3. The van der Waals surface area contributed by atoms with E-state index in [-0.39, 0.29) is 28.2 Å². The van der Waals surface area contributed by atoms with E-state index >= 15 is 0 Å². The van der Waals surface area contributed by atoms with E-state index in [0.717, 1.165) is 17.0 Å². The van der Waals surface area contributed by atoms with E-state index in [2.05, 4.69) is 5.32 Å². The summed E-state index contributed by atoms with van der Waals surface area (Å²) in [5.74, 6) is -0.906. The van der Waals surface area contributed by atoms with Crippen molar-refractivity contribution in [2.75, 3.05) is 23.7 Å². The molecule has 11 heteroatoms. The van der Waals surface area contributed by atoms with E-state index in [0.29, 0.717) is 23.6 Å². The van der Waals surface area contributed by atoms with Gasteiger partial charge in [-0.15, -0.1) is 0 Å². The number of rotatable bonds is 11. The van der Waals surface area contributed by atoms with Gasteiger partial charge < -0.3 is 10.2 Å². The minimum Gasteiger partial charge on any atom is -0.354 e. The third-order valence-electron chi connectivity index (χ3n) is 5.09. The van der Waals surface area contributed by atoms with Gasteiger partial charge in [0.15, 0.2) is 0 Å². The van der Waals surface area contributed by atoms with Gasteiger partial charge in [0.25, 0.3) is 0 Å². The molecular weight excluding hydrogens is 521 g/mol. The van der Waals surface area contributed by atoms with Gasteiger partial charge in [0, 0.05) is 23.1 Å². The topological polar surface area (TPSA) is 86.8 Å². The molecule has 0 unspecified atom stereocenters. The molecule has 34 heavy (non-hydrogen) atoms. The molecule has 186 valence electrons. The molecule has 2 rings (SSSR count). The van der Waals surface area contributed by atoms with Crippen LogP contribution >= 0.6 is 34.8 Å². The maximum atomic E-state index is 13.6. The first-order chi connectivity index (χ1) is 16.0. The first kappa shape index (κ1) is 28.2. The average molecular weight is 549 g/mol. The highest BCUT2D eigenvalue weighted by Crippen LogP contribution is 2.31. The third-order valence-corrected chi connectivity index (χ3v) is 7.14. The van der Waals surface area contributed by atoms with Crippen LogP contribution in [-0.2, 0) is 26.2 Å². The Labute approximate surface area is 216 Å². The van der Waals surface area contributed by atoms with Crippen molar-refractivity contribution in [2.24, 2.45) is 0 Å². The Morgan fingerprint density at radius 3 is 2.29 bits per heavy atom. The van der Waals surface area contributed by atoms with Crippen LogP contribution < -0.4 is 9.62 Å². The highest BCUT2D eigenvalue weighted by atomic mass is 35.5. The molecule has 1 N–H and O–H groups in total. The summed E-state index contributed by atoms with van der Waals surface area (Å²) in [6.45, 7) is 3.62. The Hall–Kier alpha value is -2.00. The predicted octanol–water partition coefficient (Wildman–Crippen LogP) is 4.75. The third kappa shape index (κ3) is 7.50. The van der Waals surface area contributed by atoms with Gasteiger partial charge in [-0.25, -0.2) is 8.42 Å². The number of amides is 2. The van der Waals surface area contributed by atoms with Gasteiger partial charge in [-0.1, -0.05) is 66.8 Å². The lowest BCUT2D eigenvalue weighted by molar-refractivity contribution is -0.140. The molecule has 1 atom stereocenters. The van der Waals surface area contributed by atoms with E-state index in [1.165, 1.54) is 23.1 Å². The molecule has 0 radical (unpaired) electrons. The van der Waals surface area contributed by atoms with Crippen molar-refractivity contribution in [3.05, 3.63) is 63.1 Å². The Balaban J connectivity index is 2.48. The first-order valence-electron chi connectivity index (χ1n) is 10.7. The number of sulfonamides is 1. The number of halogens is 3. The molecule has 0 bridgehead atoms. The summed E-state index contributed by atoms with van der Waals surface area (Å²) >= 11 is 18.6. The minimum atomic E-state index is -3.92. The monoisotopic (exact) mass is 547 g/mol. The number of anilines is 1. The quantitative estimate of drug-likeness (QED) is 0.439. The van der Waals surface area contributed by atoms with Crippen LogP contribution in [0.25, 0.3) is 0 Å². The Morgan fingerprint density at radius 1 is 1.03 bits per heavy atom. The van der Waals surface area contributed by atoms with Crippen LogP contribution in [0.1, 0.15) is 32.3 Å². The minimum absolute atomic E-state index is 0.0252. The second-order valence-corrected chi connectivity index (χ2v) is 10.9. The van der Waals surface area contributed by atoms with Crippen LogP contribution in [0.4, 0.5) is 5.69 Å². The Morgan fingerprint density at radius 2 is 1.71 bits per heavy atom. The molecule has 2 aromatic rings. The zero-order chi connectivity index (χ0) is 25.5. The number of nitrogens with zero attached hydrogens (tertiary/aromatic N) is 2. The van der Waals surface area contributed by atoms with Gasteiger partial charge in [0.2, 0.25) is 21.8 Å². The molecule has 0 aromatic heterocycles. The number of benzene rings is 2. The molecule has 0 fully saturated rings. The Bertz CT molecular complexity index is 1130. The molecule has 2 aromatic carbocycles. The molecule has 0 saturated carbocycles. The summed E-state index contributed by atoms with van der Waals surface area (Å²) in [7, 11) is -3.92. The van der Waals surface area contributed by atoms with Gasteiger partial charge in [-0.2, -0.15) is 0 Å². The van der Waals surface area contributed by atoms with E-state index in [4.69, 9.17) is 34.8 Å². The molecule has 0 aliphatic carbocycles. The summed E-state index contributed by atoms with van der Waals surface area (Å²) in [4.78, 5) is 27.8. The number of nitrogens with one attached hydrogen (secondary N) is 1. The standard InChI is InChI=1S/C23H28Cl3N3O4S/c1-4-12-27-23(31)20(5-2)28(14-16-8-6-7-9-18(16)25)22(30)15-29(34(3,32)33)21-13-17(24)10-11-19(21)26/h6-11,13,20H,4-5,12,14-15H2,1-3H3,(H,27,31)/t20-/m1/s1. The van der Waals surface area contributed by atoms with Crippen molar-refractivity contribution in [3.8, 4) is 0 Å². The van der Waals surface area contributed by atoms with Crippen LogP contribution in [0.2, 0.25) is 15.1 Å². The van der Waals surface area contributed by atoms with E-state index in [1.807, 2.05) is 6.92 Å². The predicted molar refractivity (Wildman–Crippen MR) is 138 cm³/mol. The Kier molecular flexibility index (Phi) is 10.5. The van der Waals surface area contributed by atoms with Crippen molar-refractivity contribution < 1.29 is 18.0 Å². The normalized spacial score (nSPS) is 12.2. The molecular formula is C23H28Cl3N3O4S. The summed E-state index contributed by atoms with van der Waals surface area (Å²) in [6, 6.07) is 10.5. The number of carbonyl (C=O) groups excluding carboxylic acids is 2. The zero-order valence-electron chi connectivity index (χ0n) is 19.2. The van der Waals surface area contributed by atoms with Crippen molar-refractivity contribution in [2.45, 2.75) is 39.3 Å². The van der Waals surface area contributed by atoms with Gasteiger partial charge in [-0.05, 0) is 42.7 Å². The second kappa shape index (κ2) is 12.6. The number of hydrogen-bond acceptors (Lipinski definition) is 4. The lowest BCUT2D eigenvalue weighted by Crippen LogP contribution is -2.52. The van der Waals surface area contributed by atoms with Gasteiger partial charge in [0.05, 0.1) is 17.0 Å². The largest absolute Gasteiger partial charge is 0.354 e. The molecule has 7 nitrogen and oxygen atoms in total. The van der Waals surface area contributed by atoms with Crippen molar-refractivity contribution >= 4 is 62.3 Å². The molecule has 0 aliphatic rings. The maximum Gasteiger partial charge on any atom is 0.244 e. The second-order valence-electron chi connectivity index (χ2n) is 7.69. The van der Waals surface area contributed by atoms with E-state index in [9.17, 15) is 18.0 Å². The fourth-order valence-electron chi connectivity index (χ4n) is 3.37. The van der Waals surface area contributed by atoms with E-state index in [1.54, 1.807) is 31.2 Å². The first-order valence-corrected chi connectivity index (χ1v) is 13.7. The molecule has 0 heterocycles. The van der Waals surface area contributed by atoms with Gasteiger partial charge in [-0.3, -0.25) is 13.9 Å². The number of carbonyl (C=O) groups is 2. The number of hydrogen-bond donors (Lipinski definition) is 1. The SMILES string of the molecule is CCCNC(=O)[C@@H](CC)N(Cc1ccccc1Cl)C(=O)CN(c1cc(Cl)ccc1Cl)S(C)(=O)=O. The molecule has 0 saturated heterocycles.